The Labute approximate surface area is 113 Å². The molecule has 1 N–H and O–H groups in total. The lowest BCUT2D eigenvalue weighted by molar-refractivity contribution is -0.126. The van der Waals surface area contributed by atoms with Crippen LogP contribution in [0.5, 0.6) is 0 Å². The quantitative estimate of drug-likeness (QED) is 0.813. The Morgan fingerprint density at radius 3 is 2.32 bits per heavy atom. The lowest BCUT2D eigenvalue weighted by atomic mass is 10.4. The molecule has 0 spiro atoms. The largest absolute Gasteiger partial charge is 0.361 e. The molecule has 0 unspecified atom stereocenters. The minimum Gasteiger partial charge on any atom is -0.361 e. The molecule has 0 aromatic carbocycles. The maximum atomic E-state index is 11.8. The minimum atomic E-state index is -3.47. The maximum Gasteiger partial charge on any atom is 0.244 e. The highest BCUT2D eigenvalue weighted by molar-refractivity contribution is 7.89. The van der Waals surface area contributed by atoms with E-state index < -0.39 is 10.0 Å². The Hall–Kier alpha value is -1.67. The number of pyridine rings is 1. The van der Waals surface area contributed by atoms with Crippen LogP contribution >= 0.6 is 0 Å². The van der Waals surface area contributed by atoms with E-state index in [2.05, 4.69) is 10.3 Å². The molecule has 0 aliphatic heterocycles. The molecule has 0 atom stereocenters. The molecule has 0 saturated carbocycles. The first-order chi connectivity index (χ1) is 8.75. The van der Waals surface area contributed by atoms with Gasteiger partial charge in [0.05, 0.1) is 6.54 Å². The molecule has 1 rings (SSSR count). The number of anilines is 1. The molecular weight excluding hydrogens is 268 g/mol. The van der Waals surface area contributed by atoms with Crippen molar-refractivity contribution < 1.29 is 13.2 Å². The number of rotatable bonds is 5. The smallest absolute Gasteiger partial charge is 0.244 e. The van der Waals surface area contributed by atoms with E-state index in [1.807, 2.05) is 0 Å². The van der Waals surface area contributed by atoms with Crippen LogP contribution in [0, 0.1) is 0 Å². The molecule has 0 aliphatic carbocycles. The van der Waals surface area contributed by atoms with Crippen molar-refractivity contribution in [3.05, 3.63) is 18.3 Å². The van der Waals surface area contributed by atoms with Crippen LogP contribution in [0.4, 0.5) is 5.82 Å². The third kappa shape index (κ3) is 3.90. The number of nitrogens with one attached hydrogen (secondary N) is 1. The van der Waals surface area contributed by atoms with Crippen molar-refractivity contribution in [2.24, 2.45) is 0 Å². The summed E-state index contributed by atoms with van der Waals surface area (Å²) in [6, 6.07) is 2.98. The van der Waals surface area contributed by atoms with Crippen molar-refractivity contribution in [1.29, 1.82) is 0 Å². The zero-order chi connectivity index (χ0) is 14.6. The van der Waals surface area contributed by atoms with Gasteiger partial charge in [-0.1, -0.05) is 0 Å². The van der Waals surface area contributed by atoms with Crippen LogP contribution in [0.2, 0.25) is 0 Å². The number of carbonyl (C=O) groups excluding carboxylic acids is 1. The number of amides is 1. The molecule has 1 aromatic heterocycles. The van der Waals surface area contributed by atoms with Gasteiger partial charge in [-0.3, -0.25) is 4.79 Å². The first-order valence-corrected chi connectivity index (χ1v) is 7.01. The fourth-order valence-corrected chi connectivity index (χ4v) is 2.02. The first kappa shape index (κ1) is 15.4. The summed E-state index contributed by atoms with van der Waals surface area (Å²) in [5, 5.41) is 2.82. The second-order valence-corrected chi connectivity index (χ2v) is 6.46. The number of likely N-dealkylation sites (N-methyl/N-ethyl adjacent to an activating group) is 1. The van der Waals surface area contributed by atoms with E-state index >= 15 is 0 Å². The molecule has 0 aliphatic rings. The van der Waals surface area contributed by atoms with Gasteiger partial charge in [-0.2, -0.15) is 0 Å². The summed E-state index contributed by atoms with van der Waals surface area (Å²) in [5.41, 5.74) is 0. The van der Waals surface area contributed by atoms with E-state index in [-0.39, 0.29) is 17.3 Å². The highest BCUT2D eigenvalue weighted by Gasteiger charge is 2.17. The van der Waals surface area contributed by atoms with E-state index in [1.165, 1.54) is 37.3 Å². The van der Waals surface area contributed by atoms with Crippen molar-refractivity contribution in [2.45, 2.75) is 4.90 Å². The van der Waals surface area contributed by atoms with Crippen molar-refractivity contribution in [2.75, 3.05) is 40.1 Å². The van der Waals surface area contributed by atoms with Crippen molar-refractivity contribution in [3.63, 3.8) is 0 Å². The van der Waals surface area contributed by atoms with Crippen LogP contribution in [-0.4, -0.2) is 63.2 Å². The topological polar surface area (TPSA) is 82.6 Å². The van der Waals surface area contributed by atoms with Gasteiger partial charge in [-0.25, -0.2) is 17.7 Å². The van der Waals surface area contributed by atoms with Gasteiger partial charge in [-0.15, -0.1) is 0 Å². The summed E-state index contributed by atoms with van der Waals surface area (Å²) in [6.07, 6.45) is 1.26. The van der Waals surface area contributed by atoms with Crippen LogP contribution < -0.4 is 5.32 Å². The van der Waals surface area contributed by atoms with Gasteiger partial charge in [0.1, 0.15) is 10.7 Å². The normalized spacial score (nSPS) is 11.4. The van der Waals surface area contributed by atoms with E-state index in [1.54, 1.807) is 14.1 Å². The molecular formula is C11H18N4O3S. The average Bonchev–Trinajstić information content (AvgIpc) is 2.36. The summed E-state index contributed by atoms with van der Waals surface area (Å²) in [6.45, 7) is 0.111. The van der Waals surface area contributed by atoms with Crippen LogP contribution in [0.15, 0.2) is 23.2 Å². The SMILES string of the molecule is CN(C)C(=O)CNc1ccc(S(=O)(=O)N(C)C)cn1. The molecule has 0 saturated heterocycles. The standard InChI is InChI=1S/C11H18N4O3S/c1-14(2)11(16)8-13-10-6-5-9(7-12-10)19(17,18)15(3)4/h5-7H,8H2,1-4H3,(H,12,13). The number of nitrogens with zero attached hydrogens (tertiary/aromatic N) is 3. The van der Waals surface area contributed by atoms with Gasteiger partial charge >= 0.3 is 0 Å². The van der Waals surface area contributed by atoms with Crippen LogP contribution in [0.25, 0.3) is 0 Å². The predicted molar refractivity (Wildman–Crippen MR) is 72.3 cm³/mol. The van der Waals surface area contributed by atoms with Crippen LogP contribution in [0.3, 0.4) is 0 Å². The number of carbonyl (C=O) groups is 1. The molecule has 7 nitrogen and oxygen atoms in total. The van der Waals surface area contributed by atoms with Gasteiger partial charge in [0.25, 0.3) is 0 Å². The molecule has 1 heterocycles. The average molecular weight is 286 g/mol. The van der Waals surface area contributed by atoms with Gasteiger partial charge in [-0.05, 0) is 12.1 Å². The van der Waals surface area contributed by atoms with Gasteiger partial charge in [0.15, 0.2) is 0 Å². The van der Waals surface area contributed by atoms with Crippen molar-refractivity contribution in [3.8, 4) is 0 Å². The lowest BCUT2D eigenvalue weighted by Gasteiger charge is -2.13. The third-order valence-electron chi connectivity index (χ3n) is 2.43. The maximum absolute atomic E-state index is 11.8. The second kappa shape index (κ2) is 5.98. The zero-order valence-corrected chi connectivity index (χ0v) is 12.2. The molecule has 0 bridgehead atoms. The summed E-state index contributed by atoms with van der Waals surface area (Å²) in [7, 11) is 2.75. The Morgan fingerprint density at radius 1 is 1.26 bits per heavy atom. The summed E-state index contributed by atoms with van der Waals surface area (Å²) in [5.74, 6) is 0.361. The molecule has 8 heteroatoms. The number of aromatic nitrogens is 1. The number of sulfonamides is 1. The molecule has 1 amide bonds. The van der Waals surface area contributed by atoms with Crippen molar-refractivity contribution >= 4 is 21.7 Å². The summed E-state index contributed by atoms with van der Waals surface area (Å²) < 4.78 is 24.7. The Kier molecular flexibility index (Phi) is 4.84. The number of hydrogen-bond acceptors (Lipinski definition) is 5. The molecule has 0 fully saturated rings. The minimum absolute atomic E-state index is 0.0909. The van der Waals surface area contributed by atoms with E-state index in [0.717, 1.165) is 4.31 Å². The van der Waals surface area contributed by atoms with E-state index in [9.17, 15) is 13.2 Å². The van der Waals surface area contributed by atoms with Gasteiger partial charge in [0.2, 0.25) is 15.9 Å². The Balaban J connectivity index is 2.75. The Bertz CT molecular complexity index is 538. The predicted octanol–water partition coefficient (Wildman–Crippen LogP) is -0.168. The molecule has 19 heavy (non-hydrogen) atoms. The highest BCUT2D eigenvalue weighted by atomic mass is 32.2. The second-order valence-electron chi connectivity index (χ2n) is 4.31. The molecule has 1 aromatic rings. The molecule has 106 valence electrons. The summed E-state index contributed by atoms with van der Waals surface area (Å²) in [4.78, 5) is 16.9. The van der Waals surface area contributed by atoms with E-state index in [0.29, 0.717) is 5.82 Å². The van der Waals surface area contributed by atoms with Gasteiger partial charge < -0.3 is 10.2 Å². The van der Waals surface area contributed by atoms with Crippen LogP contribution in [-0.2, 0) is 14.8 Å². The fourth-order valence-electron chi connectivity index (χ4n) is 1.17. The van der Waals surface area contributed by atoms with Gasteiger partial charge in [0, 0.05) is 34.4 Å². The fraction of sp³-hybridized carbons (Fsp3) is 0.455. The zero-order valence-electron chi connectivity index (χ0n) is 11.4. The summed E-state index contributed by atoms with van der Waals surface area (Å²) >= 11 is 0. The first-order valence-electron chi connectivity index (χ1n) is 5.57. The molecule has 0 radical (unpaired) electrons. The number of hydrogen-bond donors (Lipinski definition) is 1. The monoisotopic (exact) mass is 286 g/mol. The van der Waals surface area contributed by atoms with E-state index in [4.69, 9.17) is 0 Å². The van der Waals surface area contributed by atoms with Crippen LogP contribution in [0.1, 0.15) is 0 Å². The lowest BCUT2D eigenvalue weighted by Crippen LogP contribution is -2.28. The highest BCUT2D eigenvalue weighted by Crippen LogP contribution is 2.13. The third-order valence-corrected chi connectivity index (χ3v) is 4.23. The Morgan fingerprint density at radius 2 is 1.89 bits per heavy atom. The van der Waals surface area contributed by atoms with Crippen molar-refractivity contribution in [1.82, 2.24) is 14.2 Å².